The summed E-state index contributed by atoms with van der Waals surface area (Å²) in [6, 6.07) is 0.695. The molecule has 1 rings (SSSR count). The molecule has 0 aromatic heterocycles. The Morgan fingerprint density at radius 2 is 2.23 bits per heavy atom. The fourth-order valence-corrected chi connectivity index (χ4v) is 1.75. The molecule has 0 amide bonds. The smallest absolute Gasteiger partial charge is 0.0587 e. The second-order valence-corrected chi connectivity index (χ2v) is 4.42. The lowest BCUT2D eigenvalue weighted by molar-refractivity contribution is -0.000401. The number of rotatable bonds is 4. The Labute approximate surface area is 82.0 Å². The Bertz CT molecular complexity index is 136. The zero-order chi connectivity index (χ0) is 9.68. The number of hydrogen-bond donors (Lipinski definition) is 1. The van der Waals surface area contributed by atoms with E-state index in [9.17, 15) is 0 Å². The number of hydrogen-bond acceptors (Lipinski definition) is 2. The minimum absolute atomic E-state index is 0.499. The van der Waals surface area contributed by atoms with Crippen LogP contribution >= 0.6 is 0 Å². The predicted molar refractivity (Wildman–Crippen MR) is 55.9 cm³/mol. The lowest BCUT2D eigenvalue weighted by atomic mass is 10.0. The van der Waals surface area contributed by atoms with Crippen molar-refractivity contribution in [3.8, 4) is 0 Å². The van der Waals surface area contributed by atoms with Crippen LogP contribution in [-0.4, -0.2) is 25.3 Å². The van der Waals surface area contributed by atoms with Gasteiger partial charge < -0.3 is 10.1 Å². The van der Waals surface area contributed by atoms with Crippen LogP contribution in [0.1, 0.15) is 40.0 Å². The summed E-state index contributed by atoms with van der Waals surface area (Å²) in [7, 11) is 0. The van der Waals surface area contributed by atoms with Crippen molar-refractivity contribution in [1.82, 2.24) is 5.32 Å². The third kappa shape index (κ3) is 4.10. The highest BCUT2D eigenvalue weighted by atomic mass is 16.5. The normalized spacial score (nSPS) is 29.5. The van der Waals surface area contributed by atoms with E-state index in [1.807, 2.05) is 0 Å². The second-order valence-electron chi connectivity index (χ2n) is 4.42. The molecule has 13 heavy (non-hydrogen) atoms. The molecular weight excluding hydrogens is 162 g/mol. The summed E-state index contributed by atoms with van der Waals surface area (Å²) in [6.07, 6.45) is 4.03. The van der Waals surface area contributed by atoms with Crippen molar-refractivity contribution in [1.29, 1.82) is 0 Å². The average molecular weight is 185 g/mol. The van der Waals surface area contributed by atoms with Crippen LogP contribution in [0.4, 0.5) is 0 Å². The molecule has 0 radical (unpaired) electrons. The Balaban J connectivity index is 2.18. The van der Waals surface area contributed by atoms with Gasteiger partial charge in [0.05, 0.1) is 6.10 Å². The molecule has 1 aliphatic heterocycles. The van der Waals surface area contributed by atoms with Crippen LogP contribution in [0.3, 0.4) is 0 Å². The van der Waals surface area contributed by atoms with Crippen LogP contribution in [-0.2, 0) is 4.74 Å². The third-order valence-electron chi connectivity index (χ3n) is 2.64. The highest BCUT2D eigenvalue weighted by molar-refractivity contribution is 4.76. The largest absolute Gasteiger partial charge is 0.378 e. The third-order valence-corrected chi connectivity index (χ3v) is 2.64. The van der Waals surface area contributed by atoms with E-state index >= 15 is 0 Å². The molecule has 2 atom stereocenters. The average Bonchev–Trinajstić information content (AvgIpc) is 2.15. The van der Waals surface area contributed by atoms with Crippen molar-refractivity contribution < 1.29 is 4.74 Å². The van der Waals surface area contributed by atoms with E-state index in [2.05, 4.69) is 26.1 Å². The zero-order valence-corrected chi connectivity index (χ0v) is 9.18. The van der Waals surface area contributed by atoms with Gasteiger partial charge in [-0.1, -0.05) is 20.8 Å². The Morgan fingerprint density at radius 1 is 1.46 bits per heavy atom. The maximum Gasteiger partial charge on any atom is 0.0587 e. The first kappa shape index (κ1) is 11.0. The van der Waals surface area contributed by atoms with Gasteiger partial charge in [0, 0.05) is 12.6 Å². The van der Waals surface area contributed by atoms with E-state index in [-0.39, 0.29) is 0 Å². The number of ether oxygens (including phenoxy) is 1. The van der Waals surface area contributed by atoms with Gasteiger partial charge in [0.15, 0.2) is 0 Å². The first-order chi connectivity index (χ1) is 6.22. The minimum Gasteiger partial charge on any atom is -0.378 e. The standard InChI is InChI=1S/C11H23NO/c1-4-11-7-10(5-6-13-11)12-8-9(2)3/h9-12H,4-8H2,1-3H3. The Morgan fingerprint density at radius 3 is 2.85 bits per heavy atom. The summed E-state index contributed by atoms with van der Waals surface area (Å²) in [5.41, 5.74) is 0. The zero-order valence-electron chi connectivity index (χ0n) is 9.18. The van der Waals surface area contributed by atoms with Crippen molar-refractivity contribution in [2.24, 2.45) is 5.92 Å². The molecule has 1 heterocycles. The van der Waals surface area contributed by atoms with Gasteiger partial charge in [-0.3, -0.25) is 0 Å². The van der Waals surface area contributed by atoms with Crippen molar-refractivity contribution in [3.63, 3.8) is 0 Å². The summed E-state index contributed by atoms with van der Waals surface area (Å²) >= 11 is 0. The van der Waals surface area contributed by atoms with Gasteiger partial charge in [0.1, 0.15) is 0 Å². The molecule has 1 saturated heterocycles. The van der Waals surface area contributed by atoms with E-state index in [0.29, 0.717) is 12.1 Å². The highest BCUT2D eigenvalue weighted by Gasteiger charge is 2.20. The van der Waals surface area contributed by atoms with Gasteiger partial charge in [0.25, 0.3) is 0 Å². The van der Waals surface area contributed by atoms with E-state index in [1.165, 1.54) is 12.8 Å². The molecule has 1 N–H and O–H groups in total. The fourth-order valence-electron chi connectivity index (χ4n) is 1.75. The van der Waals surface area contributed by atoms with Crippen LogP contribution in [0.5, 0.6) is 0 Å². The van der Waals surface area contributed by atoms with Crippen molar-refractivity contribution in [2.75, 3.05) is 13.2 Å². The van der Waals surface area contributed by atoms with Gasteiger partial charge in [-0.15, -0.1) is 0 Å². The van der Waals surface area contributed by atoms with E-state index in [4.69, 9.17) is 4.74 Å². The van der Waals surface area contributed by atoms with Gasteiger partial charge in [-0.25, -0.2) is 0 Å². The summed E-state index contributed by atoms with van der Waals surface area (Å²) in [5, 5.41) is 3.61. The first-order valence-corrected chi connectivity index (χ1v) is 5.57. The molecule has 0 bridgehead atoms. The van der Waals surface area contributed by atoms with Gasteiger partial charge >= 0.3 is 0 Å². The molecule has 2 heteroatoms. The molecule has 0 spiro atoms. The van der Waals surface area contributed by atoms with E-state index < -0.39 is 0 Å². The Hall–Kier alpha value is -0.0800. The minimum atomic E-state index is 0.499. The monoisotopic (exact) mass is 185 g/mol. The van der Waals surface area contributed by atoms with Crippen molar-refractivity contribution in [2.45, 2.75) is 52.2 Å². The lowest BCUT2D eigenvalue weighted by Crippen LogP contribution is -2.40. The van der Waals surface area contributed by atoms with Crippen LogP contribution < -0.4 is 5.32 Å². The summed E-state index contributed by atoms with van der Waals surface area (Å²) in [6.45, 7) is 8.79. The molecule has 1 fully saturated rings. The summed E-state index contributed by atoms with van der Waals surface area (Å²) < 4.78 is 5.62. The molecule has 2 unspecified atom stereocenters. The molecule has 0 aromatic carbocycles. The Kier molecular flexibility index (Phi) is 4.74. The van der Waals surface area contributed by atoms with Crippen molar-refractivity contribution >= 4 is 0 Å². The molecule has 0 aromatic rings. The fraction of sp³-hybridized carbons (Fsp3) is 1.00. The predicted octanol–water partition coefficient (Wildman–Crippen LogP) is 2.19. The molecular formula is C11H23NO. The first-order valence-electron chi connectivity index (χ1n) is 5.57. The summed E-state index contributed by atoms with van der Waals surface area (Å²) in [5.74, 6) is 0.753. The van der Waals surface area contributed by atoms with Gasteiger partial charge in [-0.05, 0) is 31.7 Å². The maximum absolute atomic E-state index is 5.62. The second kappa shape index (κ2) is 5.61. The topological polar surface area (TPSA) is 21.3 Å². The summed E-state index contributed by atoms with van der Waals surface area (Å²) in [4.78, 5) is 0. The van der Waals surface area contributed by atoms with Crippen molar-refractivity contribution in [3.05, 3.63) is 0 Å². The molecule has 78 valence electrons. The lowest BCUT2D eigenvalue weighted by Gasteiger charge is -2.30. The maximum atomic E-state index is 5.62. The molecule has 2 nitrogen and oxygen atoms in total. The molecule has 0 aliphatic carbocycles. The highest BCUT2D eigenvalue weighted by Crippen LogP contribution is 2.16. The van der Waals surface area contributed by atoms with Crippen LogP contribution in [0.2, 0.25) is 0 Å². The van der Waals surface area contributed by atoms with Crippen LogP contribution in [0.15, 0.2) is 0 Å². The van der Waals surface area contributed by atoms with Gasteiger partial charge in [0.2, 0.25) is 0 Å². The van der Waals surface area contributed by atoms with Crippen LogP contribution in [0.25, 0.3) is 0 Å². The molecule has 0 saturated carbocycles. The van der Waals surface area contributed by atoms with Gasteiger partial charge in [-0.2, -0.15) is 0 Å². The van der Waals surface area contributed by atoms with Crippen LogP contribution in [0, 0.1) is 5.92 Å². The van der Waals surface area contributed by atoms with E-state index in [0.717, 1.165) is 25.5 Å². The van der Waals surface area contributed by atoms with E-state index in [1.54, 1.807) is 0 Å². The quantitative estimate of drug-likeness (QED) is 0.725. The number of nitrogens with one attached hydrogen (secondary N) is 1. The molecule has 1 aliphatic rings. The SMILES string of the molecule is CCC1CC(NCC(C)C)CCO1.